The van der Waals surface area contributed by atoms with Crippen LogP contribution in [-0.2, 0) is 0 Å². The van der Waals surface area contributed by atoms with Crippen molar-refractivity contribution in [2.24, 2.45) is 5.84 Å². The van der Waals surface area contributed by atoms with E-state index in [1.54, 1.807) is 0 Å². The van der Waals surface area contributed by atoms with Gasteiger partial charge in [0.2, 0.25) is 0 Å². The van der Waals surface area contributed by atoms with Gasteiger partial charge >= 0.3 is 0 Å². The molecule has 3 N–H and O–H groups in total. The Balaban J connectivity index is 3.13. The molecule has 0 aliphatic carbocycles. The van der Waals surface area contributed by atoms with E-state index in [4.69, 9.17) is 5.84 Å². The smallest absolute Gasteiger partial charge is 0.145 e. The fraction of sp³-hybridized carbons (Fsp3) is 0.636. The topological polar surface area (TPSA) is 67.1 Å². The van der Waals surface area contributed by atoms with Crippen molar-refractivity contribution in [3.8, 4) is 0 Å². The third kappa shape index (κ3) is 2.82. The zero-order valence-corrected chi connectivity index (χ0v) is 10.7. The number of nitrogens with one attached hydrogen (secondary N) is 1. The average molecular weight is 223 g/mol. The van der Waals surface area contributed by atoms with Crippen LogP contribution in [0.5, 0.6) is 0 Å². The molecule has 5 heteroatoms. The second-order valence-electron chi connectivity index (χ2n) is 4.47. The lowest BCUT2D eigenvalue weighted by molar-refractivity contribution is 0.719. The standard InChI is InChI=1S/C11H21N5/c1-7(2)11-13-9(15-12)6-10(14-11)16(5)8(3)4/h6-8H,12H2,1-5H3,(H,13,14,15). The molecular formula is C11H21N5. The van der Waals surface area contributed by atoms with Crippen molar-refractivity contribution in [1.29, 1.82) is 0 Å². The van der Waals surface area contributed by atoms with E-state index in [9.17, 15) is 0 Å². The molecule has 0 bridgehead atoms. The molecule has 0 aliphatic heterocycles. The number of hydrogen-bond acceptors (Lipinski definition) is 5. The molecule has 0 amide bonds. The van der Waals surface area contributed by atoms with Gasteiger partial charge in [-0.15, -0.1) is 0 Å². The number of nitrogens with zero attached hydrogens (tertiary/aromatic N) is 3. The van der Waals surface area contributed by atoms with Gasteiger partial charge < -0.3 is 10.3 Å². The summed E-state index contributed by atoms with van der Waals surface area (Å²) in [6.07, 6.45) is 0. The summed E-state index contributed by atoms with van der Waals surface area (Å²) in [5.41, 5.74) is 2.58. The van der Waals surface area contributed by atoms with Crippen LogP contribution in [0.1, 0.15) is 39.4 Å². The molecule has 5 nitrogen and oxygen atoms in total. The first-order valence-corrected chi connectivity index (χ1v) is 5.54. The van der Waals surface area contributed by atoms with Crippen LogP contribution in [0.25, 0.3) is 0 Å². The zero-order valence-electron chi connectivity index (χ0n) is 10.7. The molecule has 0 unspecified atom stereocenters. The van der Waals surface area contributed by atoms with Crippen LogP contribution in [0.15, 0.2) is 6.07 Å². The lowest BCUT2D eigenvalue weighted by Crippen LogP contribution is -2.27. The maximum absolute atomic E-state index is 5.41. The van der Waals surface area contributed by atoms with Crippen molar-refractivity contribution < 1.29 is 0 Å². The molecule has 1 rings (SSSR count). The van der Waals surface area contributed by atoms with E-state index in [2.05, 4.69) is 48.0 Å². The molecule has 0 fully saturated rings. The first kappa shape index (κ1) is 12.7. The summed E-state index contributed by atoms with van der Waals surface area (Å²) in [5, 5.41) is 0. The molecule has 1 aromatic heterocycles. The van der Waals surface area contributed by atoms with Gasteiger partial charge in [0, 0.05) is 25.1 Å². The highest BCUT2D eigenvalue weighted by Gasteiger charge is 2.12. The minimum atomic E-state index is 0.285. The van der Waals surface area contributed by atoms with Gasteiger partial charge in [-0.3, -0.25) is 0 Å². The van der Waals surface area contributed by atoms with Crippen molar-refractivity contribution in [2.45, 2.75) is 39.7 Å². The number of hydrazine groups is 1. The Morgan fingerprint density at radius 2 is 1.88 bits per heavy atom. The largest absolute Gasteiger partial charge is 0.357 e. The van der Waals surface area contributed by atoms with Crippen molar-refractivity contribution in [2.75, 3.05) is 17.4 Å². The SMILES string of the molecule is CC(C)c1nc(NN)cc(N(C)C(C)C)n1. The van der Waals surface area contributed by atoms with E-state index in [-0.39, 0.29) is 5.92 Å². The number of anilines is 2. The molecule has 1 heterocycles. The van der Waals surface area contributed by atoms with Crippen LogP contribution in [0.3, 0.4) is 0 Å². The van der Waals surface area contributed by atoms with Crippen LogP contribution in [0, 0.1) is 0 Å². The van der Waals surface area contributed by atoms with Crippen LogP contribution < -0.4 is 16.2 Å². The maximum atomic E-state index is 5.41. The number of rotatable bonds is 4. The molecule has 0 aromatic carbocycles. The molecule has 0 spiro atoms. The van der Waals surface area contributed by atoms with E-state index in [1.807, 2.05) is 13.1 Å². The monoisotopic (exact) mass is 223 g/mol. The van der Waals surface area contributed by atoms with Gasteiger partial charge in [0.15, 0.2) is 0 Å². The molecule has 90 valence electrons. The number of hydrogen-bond donors (Lipinski definition) is 2. The highest BCUT2D eigenvalue weighted by molar-refractivity contribution is 5.49. The Hall–Kier alpha value is -1.36. The van der Waals surface area contributed by atoms with Crippen molar-refractivity contribution in [1.82, 2.24) is 9.97 Å². The second-order valence-corrected chi connectivity index (χ2v) is 4.47. The summed E-state index contributed by atoms with van der Waals surface area (Å²) < 4.78 is 0. The zero-order chi connectivity index (χ0) is 12.3. The van der Waals surface area contributed by atoms with Crippen LogP contribution >= 0.6 is 0 Å². The van der Waals surface area contributed by atoms with E-state index >= 15 is 0 Å². The normalized spacial score (nSPS) is 11.0. The summed E-state index contributed by atoms with van der Waals surface area (Å²) >= 11 is 0. The van der Waals surface area contributed by atoms with Crippen LogP contribution in [-0.4, -0.2) is 23.1 Å². The summed E-state index contributed by atoms with van der Waals surface area (Å²) in [5.74, 6) is 8.04. The molecule has 0 atom stereocenters. The quantitative estimate of drug-likeness (QED) is 0.601. The van der Waals surface area contributed by atoms with Gasteiger partial charge in [-0.2, -0.15) is 0 Å². The molecule has 16 heavy (non-hydrogen) atoms. The highest BCUT2D eigenvalue weighted by Crippen LogP contribution is 2.19. The van der Waals surface area contributed by atoms with Gasteiger partial charge in [-0.05, 0) is 13.8 Å². The Morgan fingerprint density at radius 1 is 1.25 bits per heavy atom. The fourth-order valence-electron chi connectivity index (χ4n) is 1.23. The molecule has 0 radical (unpaired) electrons. The summed E-state index contributed by atoms with van der Waals surface area (Å²) in [7, 11) is 2.01. The van der Waals surface area contributed by atoms with Gasteiger partial charge in [0.05, 0.1) is 0 Å². The summed E-state index contributed by atoms with van der Waals surface area (Å²) in [4.78, 5) is 10.9. The van der Waals surface area contributed by atoms with E-state index in [0.717, 1.165) is 11.6 Å². The van der Waals surface area contributed by atoms with Crippen molar-refractivity contribution >= 4 is 11.6 Å². The van der Waals surface area contributed by atoms with Crippen molar-refractivity contribution in [3.05, 3.63) is 11.9 Å². The van der Waals surface area contributed by atoms with E-state index in [1.165, 1.54) is 0 Å². The van der Waals surface area contributed by atoms with Gasteiger partial charge in [0.1, 0.15) is 17.5 Å². The molecule has 1 aromatic rings. The van der Waals surface area contributed by atoms with Gasteiger partial charge in [-0.1, -0.05) is 13.8 Å². The highest BCUT2D eigenvalue weighted by atomic mass is 15.3. The Morgan fingerprint density at radius 3 is 2.31 bits per heavy atom. The van der Waals surface area contributed by atoms with E-state index < -0.39 is 0 Å². The lowest BCUT2D eigenvalue weighted by Gasteiger charge is -2.23. The van der Waals surface area contributed by atoms with Crippen LogP contribution in [0.4, 0.5) is 11.6 Å². The maximum Gasteiger partial charge on any atom is 0.145 e. The first-order chi connectivity index (χ1) is 7.45. The number of nitrogen functional groups attached to an aromatic ring is 1. The Bertz CT molecular complexity index is 348. The van der Waals surface area contributed by atoms with Gasteiger partial charge in [0.25, 0.3) is 0 Å². The summed E-state index contributed by atoms with van der Waals surface area (Å²) in [6.45, 7) is 8.36. The Labute approximate surface area is 97.0 Å². The van der Waals surface area contributed by atoms with E-state index in [0.29, 0.717) is 11.9 Å². The molecule has 0 saturated carbocycles. The minimum absolute atomic E-state index is 0.285. The third-order valence-corrected chi connectivity index (χ3v) is 2.53. The average Bonchev–Trinajstić information content (AvgIpc) is 2.27. The Kier molecular flexibility index (Phi) is 4.06. The lowest BCUT2D eigenvalue weighted by atomic mass is 10.2. The number of nitrogens with two attached hydrogens (primary N) is 1. The number of aromatic nitrogens is 2. The molecular weight excluding hydrogens is 202 g/mol. The minimum Gasteiger partial charge on any atom is -0.357 e. The molecule has 0 saturated heterocycles. The van der Waals surface area contributed by atoms with Gasteiger partial charge in [-0.25, -0.2) is 15.8 Å². The third-order valence-electron chi connectivity index (χ3n) is 2.53. The predicted octanol–water partition coefficient (Wildman–Crippen LogP) is 1.73. The second kappa shape index (κ2) is 5.12. The predicted molar refractivity (Wildman–Crippen MR) is 67.5 cm³/mol. The van der Waals surface area contributed by atoms with Crippen molar-refractivity contribution in [3.63, 3.8) is 0 Å². The fourth-order valence-corrected chi connectivity index (χ4v) is 1.23. The summed E-state index contributed by atoms with van der Waals surface area (Å²) in [6, 6.07) is 2.24. The van der Waals surface area contributed by atoms with Crippen LogP contribution in [0.2, 0.25) is 0 Å². The molecule has 0 aliphatic rings. The first-order valence-electron chi connectivity index (χ1n) is 5.54.